The SMILES string of the molecule is NC(=O)N1CCC(c2cnc(N)c(-c3cc4c(Cl)ccc(F)c4cn3)c2)(n2cccn2)CC1. The molecule has 4 heterocycles. The van der Waals surface area contributed by atoms with Gasteiger partial charge >= 0.3 is 6.03 Å². The van der Waals surface area contributed by atoms with Gasteiger partial charge in [0.05, 0.1) is 11.2 Å². The number of piperidine rings is 1. The molecule has 1 saturated heterocycles. The number of nitrogens with two attached hydrogens (primary N) is 2. The van der Waals surface area contributed by atoms with E-state index in [2.05, 4.69) is 15.1 Å². The topological polar surface area (TPSA) is 116 Å². The number of benzene rings is 1. The van der Waals surface area contributed by atoms with Crippen molar-refractivity contribution in [2.45, 2.75) is 18.4 Å². The Morgan fingerprint density at radius 1 is 1.12 bits per heavy atom. The van der Waals surface area contributed by atoms with Crippen LogP contribution in [0.1, 0.15) is 18.4 Å². The molecule has 0 saturated carbocycles. The number of nitrogen functional groups attached to an aromatic ring is 1. The van der Waals surface area contributed by atoms with E-state index in [-0.39, 0.29) is 0 Å². The molecular formula is C23H21ClFN7O. The maximum Gasteiger partial charge on any atom is 0.314 e. The minimum Gasteiger partial charge on any atom is -0.383 e. The fourth-order valence-corrected chi connectivity index (χ4v) is 4.74. The Kier molecular flexibility index (Phi) is 5.13. The number of fused-ring (bicyclic) bond motifs is 1. The van der Waals surface area contributed by atoms with Gasteiger partial charge in [0.15, 0.2) is 0 Å². The van der Waals surface area contributed by atoms with Crippen LogP contribution in [0.15, 0.2) is 55.1 Å². The van der Waals surface area contributed by atoms with E-state index in [1.54, 1.807) is 23.4 Å². The molecule has 0 unspecified atom stereocenters. The smallest absolute Gasteiger partial charge is 0.314 e. The number of pyridine rings is 2. The zero-order chi connectivity index (χ0) is 23.2. The van der Waals surface area contributed by atoms with Gasteiger partial charge in [0.2, 0.25) is 0 Å². The van der Waals surface area contributed by atoms with Crippen molar-refractivity contribution in [3.05, 3.63) is 71.5 Å². The molecule has 0 spiro atoms. The van der Waals surface area contributed by atoms with Crippen LogP contribution in [0.2, 0.25) is 5.02 Å². The predicted octanol–water partition coefficient (Wildman–Crippen LogP) is 3.79. The van der Waals surface area contributed by atoms with Gasteiger partial charge in [-0.15, -0.1) is 0 Å². The molecular weight excluding hydrogens is 445 g/mol. The number of likely N-dealkylation sites (tertiary alicyclic amines) is 1. The number of carbonyl (C=O) groups is 1. The second-order valence-electron chi connectivity index (χ2n) is 8.11. The van der Waals surface area contributed by atoms with Gasteiger partial charge in [-0.05, 0) is 48.7 Å². The summed E-state index contributed by atoms with van der Waals surface area (Å²) in [7, 11) is 0. The van der Waals surface area contributed by atoms with Crippen LogP contribution >= 0.6 is 11.6 Å². The lowest BCUT2D eigenvalue weighted by Gasteiger charge is -2.42. The maximum absolute atomic E-state index is 14.2. The van der Waals surface area contributed by atoms with E-state index in [4.69, 9.17) is 23.1 Å². The lowest BCUT2D eigenvalue weighted by molar-refractivity contribution is 0.142. The molecule has 1 aliphatic rings. The van der Waals surface area contributed by atoms with Crippen LogP contribution in [0.3, 0.4) is 0 Å². The first-order valence-electron chi connectivity index (χ1n) is 10.4. The van der Waals surface area contributed by atoms with Gasteiger partial charge in [0.25, 0.3) is 0 Å². The Labute approximate surface area is 194 Å². The number of amides is 2. The van der Waals surface area contributed by atoms with Gasteiger partial charge in [-0.25, -0.2) is 14.2 Å². The normalized spacial score (nSPS) is 15.6. The Balaban J connectivity index is 1.63. The number of hydrogen-bond donors (Lipinski definition) is 2. The number of halogens is 2. The summed E-state index contributed by atoms with van der Waals surface area (Å²) in [4.78, 5) is 22.2. The lowest BCUT2D eigenvalue weighted by atomic mass is 9.81. The van der Waals surface area contributed by atoms with Crippen molar-refractivity contribution < 1.29 is 9.18 Å². The van der Waals surface area contributed by atoms with Crippen molar-refractivity contribution in [2.24, 2.45) is 5.73 Å². The fourth-order valence-electron chi connectivity index (χ4n) is 4.52. The van der Waals surface area contributed by atoms with Crippen molar-refractivity contribution in [3.8, 4) is 11.3 Å². The van der Waals surface area contributed by atoms with Crippen molar-refractivity contribution >= 4 is 34.2 Å². The van der Waals surface area contributed by atoms with Crippen LogP contribution in [0.25, 0.3) is 22.0 Å². The van der Waals surface area contributed by atoms with Crippen molar-refractivity contribution in [2.75, 3.05) is 18.8 Å². The molecule has 0 aliphatic carbocycles. The number of rotatable bonds is 3. The highest BCUT2D eigenvalue weighted by Crippen LogP contribution is 2.39. The van der Waals surface area contributed by atoms with Gasteiger partial charge in [-0.1, -0.05) is 11.6 Å². The van der Waals surface area contributed by atoms with Crippen molar-refractivity contribution in [3.63, 3.8) is 0 Å². The second kappa shape index (κ2) is 8.00. The Morgan fingerprint density at radius 2 is 1.91 bits per heavy atom. The lowest BCUT2D eigenvalue weighted by Crippen LogP contribution is -2.50. The molecule has 8 nitrogen and oxygen atoms in total. The third-order valence-corrected chi connectivity index (χ3v) is 6.70. The first-order chi connectivity index (χ1) is 15.9. The minimum atomic E-state index is -0.536. The average Bonchev–Trinajstić information content (AvgIpc) is 3.37. The summed E-state index contributed by atoms with van der Waals surface area (Å²) in [5.41, 5.74) is 13.2. The van der Waals surface area contributed by atoms with Crippen molar-refractivity contribution in [1.82, 2.24) is 24.6 Å². The number of carbonyl (C=O) groups excluding carboxylic acids is 1. The van der Waals surface area contributed by atoms with E-state index in [1.165, 1.54) is 18.3 Å². The first-order valence-corrected chi connectivity index (χ1v) is 10.8. The van der Waals surface area contributed by atoms with Crippen LogP contribution in [-0.2, 0) is 5.54 Å². The number of anilines is 1. The van der Waals surface area contributed by atoms with Gasteiger partial charge < -0.3 is 16.4 Å². The summed E-state index contributed by atoms with van der Waals surface area (Å²) in [6, 6.07) is 7.90. The minimum absolute atomic E-state index is 0.295. The largest absolute Gasteiger partial charge is 0.383 e. The molecule has 5 rings (SSSR count). The molecule has 33 heavy (non-hydrogen) atoms. The Hall–Kier alpha value is -3.72. The molecule has 168 valence electrons. The van der Waals surface area contributed by atoms with Gasteiger partial charge in [0, 0.05) is 59.2 Å². The van der Waals surface area contributed by atoms with E-state index >= 15 is 0 Å². The molecule has 4 aromatic rings. The summed E-state index contributed by atoms with van der Waals surface area (Å²) in [5.74, 6) is -0.101. The molecule has 10 heteroatoms. The van der Waals surface area contributed by atoms with Crippen LogP contribution in [0, 0.1) is 5.82 Å². The zero-order valence-electron chi connectivity index (χ0n) is 17.6. The van der Waals surface area contributed by atoms with E-state index in [1.807, 2.05) is 23.0 Å². The molecule has 0 bridgehead atoms. The Bertz CT molecular complexity index is 1350. The molecule has 3 aromatic heterocycles. The molecule has 1 aromatic carbocycles. The zero-order valence-corrected chi connectivity index (χ0v) is 18.3. The van der Waals surface area contributed by atoms with Gasteiger partial charge in [-0.2, -0.15) is 5.10 Å². The fraction of sp³-hybridized carbons (Fsp3) is 0.217. The van der Waals surface area contributed by atoms with Gasteiger partial charge in [0.1, 0.15) is 11.6 Å². The third-order valence-electron chi connectivity index (χ3n) is 6.37. The summed E-state index contributed by atoms with van der Waals surface area (Å²) in [5, 5.41) is 5.79. The summed E-state index contributed by atoms with van der Waals surface area (Å²) < 4.78 is 16.1. The summed E-state index contributed by atoms with van der Waals surface area (Å²) in [6.45, 7) is 0.968. The number of hydrogen-bond acceptors (Lipinski definition) is 5. The van der Waals surface area contributed by atoms with Crippen molar-refractivity contribution in [1.29, 1.82) is 0 Å². The molecule has 1 aliphatic heterocycles. The highest BCUT2D eigenvalue weighted by molar-refractivity contribution is 6.35. The highest BCUT2D eigenvalue weighted by atomic mass is 35.5. The molecule has 4 N–H and O–H groups in total. The highest BCUT2D eigenvalue weighted by Gasteiger charge is 2.40. The van der Waals surface area contributed by atoms with Gasteiger partial charge in [-0.3, -0.25) is 9.67 Å². The monoisotopic (exact) mass is 465 g/mol. The van der Waals surface area contributed by atoms with E-state index in [0.717, 1.165) is 5.56 Å². The number of primary amides is 1. The van der Waals surface area contributed by atoms with Crippen LogP contribution in [0.4, 0.5) is 15.0 Å². The molecule has 0 atom stereocenters. The first kappa shape index (κ1) is 21.1. The van der Waals surface area contributed by atoms with E-state index in [9.17, 15) is 9.18 Å². The predicted molar refractivity (Wildman–Crippen MR) is 124 cm³/mol. The molecule has 0 radical (unpaired) electrons. The maximum atomic E-state index is 14.2. The Morgan fingerprint density at radius 3 is 2.61 bits per heavy atom. The standard InChI is InChI=1S/C23H21ClFN7O/c24-18-2-3-19(25)17-13-28-20(11-15(17)18)16-10-14(12-29-21(16)26)23(32-7-1-6-30-32)4-8-31(9-5-23)22(27)33/h1-3,6-7,10-13H,4-5,8-9H2,(H2,26,29)(H2,27,33). The number of urea groups is 1. The second-order valence-corrected chi connectivity index (χ2v) is 8.52. The third kappa shape index (κ3) is 3.54. The van der Waals surface area contributed by atoms with E-state index < -0.39 is 17.4 Å². The molecule has 2 amide bonds. The number of aromatic nitrogens is 4. The average molecular weight is 466 g/mol. The van der Waals surface area contributed by atoms with Crippen LogP contribution in [0.5, 0.6) is 0 Å². The molecule has 1 fully saturated rings. The summed E-state index contributed by atoms with van der Waals surface area (Å²) >= 11 is 6.31. The van der Waals surface area contributed by atoms with Crippen LogP contribution in [-0.4, -0.2) is 43.8 Å². The number of nitrogens with zero attached hydrogens (tertiary/aromatic N) is 5. The quantitative estimate of drug-likeness (QED) is 0.477. The van der Waals surface area contributed by atoms with E-state index in [0.29, 0.717) is 58.8 Å². The summed E-state index contributed by atoms with van der Waals surface area (Å²) in [6.07, 6.45) is 8.00. The van der Waals surface area contributed by atoms with Crippen LogP contribution < -0.4 is 11.5 Å².